The third kappa shape index (κ3) is 5.60. The number of phosphoric ester groups is 1. The SMILES string of the molecule is CO[P@]1(=O)OCC(C)(C)[C@H](C(=O)NCCC(=O)OCc2ccncc2)O1. The second-order valence-corrected chi connectivity index (χ2v) is 8.16. The molecule has 9 nitrogen and oxygen atoms in total. The van der Waals surface area contributed by atoms with Crippen molar-refractivity contribution in [1.82, 2.24) is 10.3 Å². The van der Waals surface area contributed by atoms with E-state index >= 15 is 0 Å². The van der Waals surface area contributed by atoms with Crippen molar-refractivity contribution >= 4 is 19.7 Å². The maximum absolute atomic E-state index is 12.4. The summed E-state index contributed by atoms with van der Waals surface area (Å²) >= 11 is 0. The minimum Gasteiger partial charge on any atom is -0.461 e. The van der Waals surface area contributed by atoms with E-state index in [0.29, 0.717) is 0 Å². The third-order valence-corrected chi connectivity index (χ3v) is 5.14. The predicted molar refractivity (Wildman–Crippen MR) is 90.9 cm³/mol. The van der Waals surface area contributed by atoms with Crippen molar-refractivity contribution in [1.29, 1.82) is 0 Å². The molecule has 0 bridgehead atoms. The zero-order valence-corrected chi connectivity index (χ0v) is 15.9. The molecule has 1 saturated heterocycles. The van der Waals surface area contributed by atoms with Crippen LogP contribution in [0.25, 0.3) is 0 Å². The van der Waals surface area contributed by atoms with E-state index in [0.717, 1.165) is 5.56 Å². The largest absolute Gasteiger partial charge is 0.475 e. The zero-order chi connectivity index (χ0) is 19.2. The maximum Gasteiger partial charge on any atom is 0.475 e. The fourth-order valence-electron chi connectivity index (χ4n) is 2.22. The van der Waals surface area contributed by atoms with Gasteiger partial charge < -0.3 is 10.1 Å². The van der Waals surface area contributed by atoms with Crippen LogP contribution in [0.15, 0.2) is 24.5 Å². The summed E-state index contributed by atoms with van der Waals surface area (Å²) in [5.74, 6) is -0.936. The standard InChI is InChI=1S/C16H23N2O7P/c1-16(2)11-24-26(21,22-3)25-14(16)15(20)18-9-6-13(19)23-10-12-4-7-17-8-5-12/h4-5,7-8,14H,6,9-11H2,1-3H3,(H,18,20)/t14-,26+/m0/s1. The molecule has 1 aromatic heterocycles. The van der Waals surface area contributed by atoms with Crippen LogP contribution in [0.5, 0.6) is 0 Å². The highest BCUT2D eigenvalue weighted by Crippen LogP contribution is 2.56. The number of amides is 1. The molecule has 0 aromatic carbocycles. The Morgan fingerprint density at radius 3 is 2.73 bits per heavy atom. The Kier molecular flexibility index (Phi) is 6.88. The van der Waals surface area contributed by atoms with Crippen LogP contribution in [0.4, 0.5) is 0 Å². The van der Waals surface area contributed by atoms with Gasteiger partial charge in [-0.3, -0.25) is 28.1 Å². The normalized spacial score (nSPS) is 24.7. The highest BCUT2D eigenvalue weighted by atomic mass is 31.2. The molecule has 144 valence electrons. The molecule has 26 heavy (non-hydrogen) atoms. The van der Waals surface area contributed by atoms with E-state index in [4.69, 9.17) is 18.3 Å². The van der Waals surface area contributed by atoms with Gasteiger partial charge in [0.15, 0.2) is 6.10 Å². The lowest BCUT2D eigenvalue weighted by Crippen LogP contribution is -2.49. The van der Waals surface area contributed by atoms with Gasteiger partial charge in [-0.2, -0.15) is 0 Å². The van der Waals surface area contributed by atoms with Gasteiger partial charge in [0.2, 0.25) is 5.91 Å². The van der Waals surface area contributed by atoms with E-state index in [9.17, 15) is 14.2 Å². The Balaban J connectivity index is 1.78. The van der Waals surface area contributed by atoms with Gasteiger partial charge in [-0.05, 0) is 17.7 Å². The Labute approximate surface area is 152 Å². The Morgan fingerprint density at radius 1 is 1.38 bits per heavy atom. The summed E-state index contributed by atoms with van der Waals surface area (Å²) in [6.45, 7) is 3.76. The highest BCUT2D eigenvalue weighted by molar-refractivity contribution is 7.48. The summed E-state index contributed by atoms with van der Waals surface area (Å²) in [4.78, 5) is 28.0. The lowest BCUT2D eigenvalue weighted by molar-refractivity contribution is -0.145. The number of carbonyl (C=O) groups excluding carboxylic acids is 2. The number of rotatable bonds is 7. The van der Waals surface area contributed by atoms with Gasteiger partial charge in [0.1, 0.15) is 6.61 Å². The summed E-state index contributed by atoms with van der Waals surface area (Å²) in [5.41, 5.74) is 0.128. The second-order valence-electron chi connectivity index (χ2n) is 6.43. The minimum absolute atomic E-state index is 0.00239. The van der Waals surface area contributed by atoms with Gasteiger partial charge in [-0.1, -0.05) is 13.8 Å². The number of esters is 1. The molecule has 2 heterocycles. The van der Waals surface area contributed by atoms with Crippen molar-refractivity contribution < 1.29 is 32.5 Å². The molecule has 1 N–H and O–H groups in total. The number of hydrogen-bond acceptors (Lipinski definition) is 8. The number of nitrogens with one attached hydrogen (secondary N) is 1. The van der Waals surface area contributed by atoms with E-state index in [2.05, 4.69) is 10.3 Å². The van der Waals surface area contributed by atoms with Crippen LogP contribution in [0.3, 0.4) is 0 Å². The molecule has 1 amide bonds. The average molecular weight is 386 g/mol. The highest BCUT2D eigenvalue weighted by Gasteiger charge is 2.48. The molecule has 0 aliphatic carbocycles. The van der Waals surface area contributed by atoms with Crippen LogP contribution >= 0.6 is 7.82 Å². The number of aromatic nitrogens is 1. The van der Waals surface area contributed by atoms with Crippen LogP contribution in [0.1, 0.15) is 25.8 Å². The van der Waals surface area contributed by atoms with Crippen molar-refractivity contribution in [3.8, 4) is 0 Å². The first-order valence-corrected chi connectivity index (χ1v) is 9.53. The summed E-state index contributed by atoms with van der Waals surface area (Å²) in [5, 5.41) is 2.59. The van der Waals surface area contributed by atoms with Crippen LogP contribution < -0.4 is 5.32 Å². The quantitative estimate of drug-likeness (QED) is 0.558. The molecule has 1 fully saturated rings. The maximum atomic E-state index is 12.4. The molecule has 10 heteroatoms. The predicted octanol–water partition coefficient (Wildman–Crippen LogP) is 1.83. The van der Waals surface area contributed by atoms with Gasteiger partial charge >= 0.3 is 13.8 Å². The first-order valence-electron chi connectivity index (χ1n) is 8.07. The second kappa shape index (κ2) is 8.73. The molecule has 1 aromatic rings. The van der Waals surface area contributed by atoms with E-state index in [1.807, 2.05) is 0 Å². The Hall–Kier alpha value is -1.80. The van der Waals surface area contributed by atoms with Crippen LogP contribution in [0, 0.1) is 5.41 Å². The van der Waals surface area contributed by atoms with E-state index < -0.39 is 31.2 Å². The molecule has 0 unspecified atom stereocenters. The fraction of sp³-hybridized carbons (Fsp3) is 0.562. The first kappa shape index (κ1) is 20.5. The number of nitrogens with zero attached hydrogens (tertiary/aromatic N) is 1. The number of pyridine rings is 1. The number of phosphoric acid groups is 1. The molecule has 0 radical (unpaired) electrons. The molecular weight excluding hydrogens is 363 g/mol. The molecule has 2 atom stereocenters. The van der Waals surface area contributed by atoms with E-state index in [-0.39, 0.29) is 26.2 Å². The van der Waals surface area contributed by atoms with Crippen molar-refractivity contribution in [2.24, 2.45) is 5.41 Å². The topological polar surface area (TPSA) is 113 Å². The average Bonchev–Trinajstić information content (AvgIpc) is 2.63. The Morgan fingerprint density at radius 2 is 2.08 bits per heavy atom. The Bertz CT molecular complexity index is 680. The summed E-state index contributed by atoms with van der Waals surface area (Å²) in [7, 11) is -2.55. The van der Waals surface area contributed by atoms with Crippen LogP contribution in [-0.4, -0.2) is 43.2 Å². The van der Waals surface area contributed by atoms with Crippen LogP contribution in [0.2, 0.25) is 0 Å². The summed E-state index contributed by atoms with van der Waals surface area (Å²) in [6, 6.07) is 3.49. The fourth-order valence-corrected chi connectivity index (χ4v) is 3.60. The van der Waals surface area contributed by atoms with Crippen molar-refractivity contribution in [2.75, 3.05) is 20.3 Å². The van der Waals surface area contributed by atoms with Gasteiger partial charge in [-0.25, -0.2) is 4.57 Å². The molecule has 0 spiro atoms. The molecule has 2 rings (SSSR count). The van der Waals surface area contributed by atoms with Crippen molar-refractivity contribution in [3.63, 3.8) is 0 Å². The number of carbonyl (C=O) groups is 2. The van der Waals surface area contributed by atoms with Gasteiger partial charge in [0, 0.05) is 31.5 Å². The van der Waals surface area contributed by atoms with E-state index in [1.165, 1.54) is 7.11 Å². The third-order valence-electron chi connectivity index (χ3n) is 3.78. The molecule has 0 saturated carbocycles. The first-order chi connectivity index (χ1) is 12.3. The van der Waals surface area contributed by atoms with Crippen LogP contribution in [-0.2, 0) is 39.1 Å². The summed E-state index contributed by atoms with van der Waals surface area (Å²) < 4.78 is 32.2. The van der Waals surface area contributed by atoms with Crippen molar-refractivity contribution in [3.05, 3.63) is 30.1 Å². The summed E-state index contributed by atoms with van der Waals surface area (Å²) in [6.07, 6.45) is 2.20. The molecular formula is C16H23N2O7P. The lowest BCUT2D eigenvalue weighted by atomic mass is 9.87. The zero-order valence-electron chi connectivity index (χ0n) is 15.0. The monoisotopic (exact) mass is 386 g/mol. The van der Waals surface area contributed by atoms with Gasteiger partial charge in [0.25, 0.3) is 0 Å². The van der Waals surface area contributed by atoms with E-state index in [1.54, 1.807) is 38.4 Å². The smallest absolute Gasteiger partial charge is 0.461 e. The minimum atomic E-state index is -3.74. The number of hydrogen-bond donors (Lipinski definition) is 1. The molecule has 1 aliphatic heterocycles. The molecule has 1 aliphatic rings. The lowest BCUT2D eigenvalue weighted by Gasteiger charge is -2.39. The number of ether oxygens (including phenoxy) is 1. The van der Waals surface area contributed by atoms with Crippen molar-refractivity contribution in [2.45, 2.75) is 33.0 Å². The van der Waals surface area contributed by atoms with Gasteiger partial charge in [-0.15, -0.1) is 0 Å². The van der Waals surface area contributed by atoms with Gasteiger partial charge in [0.05, 0.1) is 13.0 Å².